The molecular weight excluding hydrogens is 514 g/mol. The minimum absolute atomic E-state index is 0.0125. The van der Waals surface area contributed by atoms with Crippen molar-refractivity contribution in [3.05, 3.63) is 93.5 Å². The van der Waals surface area contributed by atoms with Gasteiger partial charge in [-0.3, -0.25) is 4.79 Å². The van der Waals surface area contributed by atoms with Crippen LogP contribution in [0, 0.1) is 6.92 Å². The number of aromatic nitrogens is 1. The number of anilines is 1. The van der Waals surface area contributed by atoms with Crippen molar-refractivity contribution in [1.29, 1.82) is 0 Å². The Morgan fingerprint density at radius 2 is 1.74 bits per heavy atom. The summed E-state index contributed by atoms with van der Waals surface area (Å²) >= 11 is 9.66. The van der Waals surface area contributed by atoms with Crippen molar-refractivity contribution in [2.24, 2.45) is 0 Å². The predicted octanol–water partition coefficient (Wildman–Crippen LogP) is 6.70. The smallest absolute Gasteiger partial charge is 0.254 e. The lowest BCUT2D eigenvalue weighted by molar-refractivity contribution is 0.0747. The van der Waals surface area contributed by atoms with Gasteiger partial charge in [0.05, 0.1) is 11.8 Å². The van der Waals surface area contributed by atoms with Crippen molar-refractivity contribution in [2.45, 2.75) is 6.92 Å². The Balaban J connectivity index is 1.34. The molecule has 0 unspecified atom stereocenters. The zero-order valence-corrected chi connectivity index (χ0v) is 21.0. The number of carbonyl (C=O) groups is 1. The van der Waals surface area contributed by atoms with Crippen LogP contribution >= 0.6 is 27.5 Å². The lowest BCUT2D eigenvalue weighted by Gasteiger charge is -2.37. The summed E-state index contributed by atoms with van der Waals surface area (Å²) in [5.41, 5.74) is 4.53. The van der Waals surface area contributed by atoms with E-state index in [9.17, 15) is 4.79 Å². The number of piperazine rings is 1. The van der Waals surface area contributed by atoms with Gasteiger partial charge in [-0.1, -0.05) is 57.9 Å². The van der Waals surface area contributed by atoms with E-state index in [4.69, 9.17) is 16.0 Å². The first kappa shape index (κ1) is 22.7. The van der Waals surface area contributed by atoms with Crippen LogP contribution in [0.15, 0.2) is 81.8 Å². The second-order valence-corrected chi connectivity index (χ2v) is 9.64. The molecule has 0 radical (unpaired) electrons. The third kappa shape index (κ3) is 4.61. The third-order valence-corrected chi connectivity index (χ3v) is 6.86. The monoisotopic (exact) mass is 535 g/mol. The summed E-state index contributed by atoms with van der Waals surface area (Å²) in [7, 11) is 0. The zero-order valence-electron chi connectivity index (χ0n) is 18.7. The molecule has 1 aromatic heterocycles. The number of benzene rings is 3. The Bertz CT molecular complexity index is 1330. The van der Waals surface area contributed by atoms with Crippen molar-refractivity contribution in [3.8, 4) is 22.8 Å². The van der Waals surface area contributed by atoms with E-state index in [0.29, 0.717) is 35.9 Å². The van der Waals surface area contributed by atoms with Crippen LogP contribution in [0.2, 0.25) is 5.02 Å². The molecule has 7 heteroatoms. The van der Waals surface area contributed by atoms with E-state index >= 15 is 0 Å². The molecule has 0 saturated carbocycles. The molecule has 0 N–H and O–H groups in total. The highest BCUT2D eigenvalue weighted by Crippen LogP contribution is 2.30. The minimum Gasteiger partial charge on any atom is -0.436 e. The molecule has 0 atom stereocenters. The van der Waals surface area contributed by atoms with Crippen LogP contribution < -0.4 is 4.90 Å². The Labute approximate surface area is 212 Å². The summed E-state index contributed by atoms with van der Waals surface area (Å²) in [5, 5.41) is 0.724. The molecule has 0 spiro atoms. The van der Waals surface area contributed by atoms with Gasteiger partial charge in [0.1, 0.15) is 0 Å². The van der Waals surface area contributed by atoms with E-state index in [1.165, 1.54) is 5.56 Å². The number of halogens is 2. The molecule has 5 nitrogen and oxygen atoms in total. The highest BCUT2D eigenvalue weighted by atomic mass is 79.9. The maximum absolute atomic E-state index is 13.5. The molecule has 1 saturated heterocycles. The average molecular weight is 537 g/mol. The second-order valence-electron chi connectivity index (χ2n) is 8.29. The van der Waals surface area contributed by atoms with Gasteiger partial charge >= 0.3 is 0 Å². The summed E-state index contributed by atoms with van der Waals surface area (Å²) in [4.78, 5) is 22.1. The van der Waals surface area contributed by atoms with Gasteiger partial charge in [-0.15, -0.1) is 0 Å². The van der Waals surface area contributed by atoms with Crippen molar-refractivity contribution < 1.29 is 9.21 Å². The van der Waals surface area contributed by atoms with Crippen LogP contribution in [0.25, 0.3) is 22.8 Å². The summed E-state index contributed by atoms with van der Waals surface area (Å²) in [5.74, 6) is 1.09. The lowest BCUT2D eigenvalue weighted by atomic mass is 10.1. The van der Waals surface area contributed by atoms with Gasteiger partial charge in [-0.05, 0) is 48.9 Å². The number of amides is 1. The van der Waals surface area contributed by atoms with E-state index in [2.05, 4.69) is 32.7 Å². The Morgan fingerprint density at radius 3 is 2.50 bits per heavy atom. The van der Waals surface area contributed by atoms with E-state index in [1.54, 1.807) is 6.20 Å². The van der Waals surface area contributed by atoms with Crippen molar-refractivity contribution in [1.82, 2.24) is 9.88 Å². The highest BCUT2D eigenvalue weighted by Gasteiger charge is 2.26. The van der Waals surface area contributed by atoms with Crippen molar-refractivity contribution >= 4 is 39.1 Å². The van der Waals surface area contributed by atoms with Gasteiger partial charge in [0.25, 0.3) is 5.91 Å². The zero-order chi connectivity index (χ0) is 23.7. The fourth-order valence-corrected chi connectivity index (χ4v) is 4.68. The largest absolute Gasteiger partial charge is 0.436 e. The molecule has 2 heterocycles. The normalized spacial score (nSPS) is 13.9. The third-order valence-electron chi connectivity index (χ3n) is 6.10. The fraction of sp³-hybridized carbons (Fsp3) is 0.185. The standard InChI is InChI=1S/C27H23BrClN3O2/c1-18-6-11-21(29)16-24(18)31-12-14-32(15-13-31)27(33)23-5-3-2-4-22(23)26-30-17-25(34-26)19-7-9-20(28)10-8-19/h2-11,16-17H,12-15H2,1H3. The molecule has 1 fully saturated rings. The number of aryl methyl sites for hydroxylation is 1. The number of rotatable bonds is 4. The fourth-order valence-electron chi connectivity index (χ4n) is 4.25. The van der Waals surface area contributed by atoms with Crippen LogP contribution in [-0.2, 0) is 0 Å². The van der Waals surface area contributed by atoms with Crippen molar-refractivity contribution in [3.63, 3.8) is 0 Å². The molecule has 1 aliphatic heterocycles. The van der Waals surface area contributed by atoms with Crippen LogP contribution in [0.1, 0.15) is 15.9 Å². The van der Waals surface area contributed by atoms with E-state index in [1.807, 2.05) is 71.6 Å². The van der Waals surface area contributed by atoms with Crippen LogP contribution in [0.5, 0.6) is 0 Å². The highest BCUT2D eigenvalue weighted by molar-refractivity contribution is 9.10. The Kier molecular flexibility index (Phi) is 6.44. The molecule has 4 aromatic rings. The molecule has 34 heavy (non-hydrogen) atoms. The lowest BCUT2D eigenvalue weighted by Crippen LogP contribution is -2.49. The van der Waals surface area contributed by atoms with E-state index < -0.39 is 0 Å². The van der Waals surface area contributed by atoms with Gasteiger partial charge in [-0.25, -0.2) is 4.98 Å². The number of hydrogen-bond donors (Lipinski definition) is 0. The number of oxazole rings is 1. The van der Waals surface area contributed by atoms with Gasteiger partial charge in [0.15, 0.2) is 5.76 Å². The Morgan fingerprint density at radius 1 is 1.00 bits per heavy atom. The molecule has 3 aromatic carbocycles. The minimum atomic E-state index is -0.0125. The first-order chi connectivity index (χ1) is 16.5. The van der Waals surface area contributed by atoms with E-state index in [0.717, 1.165) is 33.8 Å². The summed E-state index contributed by atoms with van der Waals surface area (Å²) in [6.07, 6.45) is 1.70. The first-order valence-electron chi connectivity index (χ1n) is 11.1. The maximum atomic E-state index is 13.5. The SMILES string of the molecule is Cc1ccc(Cl)cc1N1CCN(C(=O)c2ccccc2-c2ncc(-c3ccc(Br)cc3)o2)CC1. The van der Waals surface area contributed by atoms with Crippen LogP contribution in [0.4, 0.5) is 5.69 Å². The predicted molar refractivity (Wildman–Crippen MR) is 139 cm³/mol. The molecular formula is C27H23BrClN3O2. The molecule has 0 aliphatic carbocycles. The maximum Gasteiger partial charge on any atom is 0.254 e. The first-order valence-corrected chi connectivity index (χ1v) is 12.3. The molecule has 1 amide bonds. The summed E-state index contributed by atoms with van der Waals surface area (Å²) in [6.45, 7) is 4.85. The second kappa shape index (κ2) is 9.65. The summed E-state index contributed by atoms with van der Waals surface area (Å²) < 4.78 is 7.05. The van der Waals surface area contributed by atoms with E-state index in [-0.39, 0.29) is 5.91 Å². The number of hydrogen-bond acceptors (Lipinski definition) is 4. The van der Waals surface area contributed by atoms with Gasteiger partial charge in [-0.2, -0.15) is 0 Å². The quantitative estimate of drug-likeness (QED) is 0.291. The van der Waals surface area contributed by atoms with Gasteiger partial charge < -0.3 is 14.2 Å². The van der Waals surface area contributed by atoms with Gasteiger partial charge in [0.2, 0.25) is 5.89 Å². The molecule has 0 bridgehead atoms. The summed E-state index contributed by atoms with van der Waals surface area (Å²) in [6, 6.07) is 21.3. The number of nitrogens with zero attached hydrogens (tertiary/aromatic N) is 3. The van der Waals surface area contributed by atoms with Crippen LogP contribution in [0.3, 0.4) is 0 Å². The molecule has 172 valence electrons. The molecule has 1 aliphatic rings. The van der Waals surface area contributed by atoms with Crippen molar-refractivity contribution in [2.75, 3.05) is 31.1 Å². The average Bonchev–Trinajstić information content (AvgIpc) is 3.36. The Hall–Kier alpha value is -3.09. The number of carbonyl (C=O) groups excluding carboxylic acids is 1. The topological polar surface area (TPSA) is 49.6 Å². The van der Waals surface area contributed by atoms with Gasteiger partial charge in [0, 0.05) is 52.5 Å². The molecule has 5 rings (SSSR count). The van der Waals surface area contributed by atoms with Crippen LogP contribution in [-0.4, -0.2) is 42.0 Å².